The molecule has 0 aliphatic carbocycles. The van der Waals surface area contributed by atoms with Crippen molar-refractivity contribution in [3.05, 3.63) is 40.6 Å². The van der Waals surface area contributed by atoms with Gasteiger partial charge in [-0.1, -0.05) is 0 Å². The first-order chi connectivity index (χ1) is 20.1. The summed E-state index contributed by atoms with van der Waals surface area (Å²) in [7, 11) is 0. The van der Waals surface area contributed by atoms with Gasteiger partial charge in [0.1, 0.15) is 35.0 Å². The van der Waals surface area contributed by atoms with Gasteiger partial charge in [0.05, 0.1) is 25.0 Å². The first-order valence-corrected chi connectivity index (χ1v) is 12.6. The van der Waals surface area contributed by atoms with Crippen LogP contribution in [0, 0.1) is 0 Å². The van der Waals surface area contributed by atoms with Crippen LogP contribution in [0.15, 0.2) is 39.5 Å². The zero-order valence-corrected chi connectivity index (χ0v) is 22.3. The summed E-state index contributed by atoms with van der Waals surface area (Å²) in [4.78, 5) is 36.0. The van der Waals surface area contributed by atoms with E-state index in [0.717, 1.165) is 31.2 Å². The fourth-order valence-corrected chi connectivity index (χ4v) is 4.49. The molecule has 0 amide bonds. The Morgan fingerprint density at radius 1 is 0.977 bits per heavy atom. The molecule has 1 aromatic heterocycles. The number of hydrogen-bond donors (Lipinski definition) is 9. The second-order valence-corrected chi connectivity index (χ2v) is 10.1. The molecular weight excluding hydrogens is 580 g/mol. The Labute approximate surface area is 240 Å². The fraction of sp³-hybridized carbons (Fsp3) is 0.370. The lowest BCUT2D eigenvalue weighted by molar-refractivity contribution is -0.282. The van der Waals surface area contributed by atoms with Crippen molar-refractivity contribution in [2.45, 2.75) is 56.1 Å². The second kappa shape index (κ2) is 11.9. The third-order valence-corrected chi connectivity index (χ3v) is 6.58. The molecule has 1 aliphatic heterocycles. The van der Waals surface area contributed by atoms with Gasteiger partial charge in [-0.15, -0.1) is 0 Å². The molecule has 43 heavy (non-hydrogen) atoms. The van der Waals surface area contributed by atoms with Crippen LogP contribution < -0.4 is 10.2 Å². The number of ether oxygens (including phenoxy) is 3. The molecule has 1 aliphatic rings. The van der Waals surface area contributed by atoms with Crippen LogP contribution in [0.2, 0.25) is 0 Å². The number of phenolic OH excluding ortho intramolecular Hbond substituents is 4. The summed E-state index contributed by atoms with van der Waals surface area (Å²) < 4.78 is 21.6. The van der Waals surface area contributed by atoms with Crippen LogP contribution in [0.4, 0.5) is 0 Å². The molecule has 1 fully saturated rings. The van der Waals surface area contributed by atoms with Crippen LogP contribution in [-0.2, 0) is 19.1 Å². The van der Waals surface area contributed by atoms with E-state index < -0.39 is 107 Å². The highest BCUT2D eigenvalue weighted by atomic mass is 16.7. The van der Waals surface area contributed by atoms with Crippen LogP contribution in [0.25, 0.3) is 22.3 Å². The smallest absolute Gasteiger partial charge is 0.309 e. The molecule has 16 nitrogen and oxygen atoms in total. The molecule has 16 heteroatoms. The lowest BCUT2D eigenvalue weighted by atomic mass is 9.97. The molecule has 6 atom stereocenters. The summed E-state index contributed by atoms with van der Waals surface area (Å²) in [6.07, 6.45) is -10.7. The molecular formula is C27H28O16. The maximum Gasteiger partial charge on any atom is 0.309 e. The number of carbonyl (C=O) groups excluding carboxylic acids is 1. The largest absolute Gasteiger partial charge is 0.504 e. The number of carboxylic acid groups (broad SMARTS) is 1. The molecule has 232 valence electrons. The maximum atomic E-state index is 12.7. The van der Waals surface area contributed by atoms with Crippen molar-refractivity contribution in [1.82, 2.24) is 0 Å². The molecule has 9 N–H and O–H groups in total. The third kappa shape index (κ3) is 6.58. The van der Waals surface area contributed by atoms with E-state index >= 15 is 0 Å². The van der Waals surface area contributed by atoms with Gasteiger partial charge in [-0.3, -0.25) is 14.4 Å². The number of aromatic hydroxyl groups is 4. The van der Waals surface area contributed by atoms with Crippen molar-refractivity contribution in [2.75, 3.05) is 6.61 Å². The van der Waals surface area contributed by atoms with Crippen molar-refractivity contribution < 1.29 is 74.2 Å². The number of carboxylic acids is 1. The summed E-state index contributed by atoms with van der Waals surface area (Å²) in [5.41, 5.74) is -2.98. The van der Waals surface area contributed by atoms with Gasteiger partial charge in [0.25, 0.3) is 0 Å². The average molecular weight is 609 g/mol. The summed E-state index contributed by atoms with van der Waals surface area (Å²) in [5, 5.41) is 90.0. The van der Waals surface area contributed by atoms with Gasteiger partial charge in [-0.2, -0.15) is 0 Å². The van der Waals surface area contributed by atoms with E-state index in [-0.39, 0.29) is 16.9 Å². The molecule has 6 unspecified atom stereocenters. The van der Waals surface area contributed by atoms with Crippen molar-refractivity contribution in [2.24, 2.45) is 0 Å². The van der Waals surface area contributed by atoms with Gasteiger partial charge >= 0.3 is 11.9 Å². The lowest BCUT2D eigenvalue weighted by Crippen LogP contribution is -2.61. The number of phenols is 4. The van der Waals surface area contributed by atoms with Gasteiger partial charge in [0, 0.05) is 17.7 Å². The monoisotopic (exact) mass is 608 g/mol. The van der Waals surface area contributed by atoms with E-state index in [1.54, 1.807) is 0 Å². The topological polar surface area (TPSA) is 274 Å². The highest BCUT2D eigenvalue weighted by Gasteiger charge is 2.48. The summed E-state index contributed by atoms with van der Waals surface area (Å²) in [6, 6.07) is 5.51. The van der Waals surface area contributed by atoms with Crippen LogP contribution in [0.1, 0.15) is 19.8 Å². The lowest BCUT2D eigenvalue weighted by Gasteiger charge is -2.41. The molecule has 0 spiro atoms. The fourth-order valence-electron chi connectivity index (χ4n) is 4.49. The zero-order valence-electron chi connectivity index (χ0n) is 22.3. The number of hydrogen-bond acceptors (Lipinski definition) is 15. The Kier molecular flexibility index (Phi) is 8.70. The first-order valence-electron chi connectivity index (χ1n) is 12.6. The maximum absolute atomic E-state index is 12.7. The molecule has 1 saturated heterocycles. The molecule has 3 aromatic rings. The SMILES string of the molecule is CC(O)(CC(=O)O)CC(=O)OC1C(CO)OC(Oc2cc3oc(-c4ccc(O)c(O)c4)cc(=O)c3c(O)c2O)C(O)C1O. The van der Waals surface area contributed by atoms with E-state index in [4.69, 9.17) is 23.7 Å². The number of esters is 1. The summed E-state index contributed by atoms with van der Waals surface area (Å²) in [6.45, 7) is 0.184. The van der Waals surface area contributed by atoms with E-state index in [9.17, 15) is 55.2 Å². The Morgan fingerprint density at radius 2 is 1.67 bits per heavy atom. The quantitative estimate of drug-likeness (QED) is 0.111. The Hall–Kier alpha value is -4.61. The zero-order chi connectivity index (χ0) is 31.8. The number of fused-ring (bicyclic) bond motifs is 1. The Morgan fingerprint density at radius 3 is 2.30 bits per heavy atom. The van der Waals surface area contributed by atoms with Crippen LogP contribution in [0.5, 0.6) is 28.7 Å². The van der Waals surface area contributed by atoms with Crippen LogP contribution in [0.3, 0.4) is 0 Å². The van der Waals surface area contributed by atoms with Gasteiger partial charge in [0.2, 0.25) is 12.0 Å². The number of aliphatic carboxylic acids is 1. The number of carbonyl (C=O) groups is 2. The normalized spacial score (nSPS) is 23.4. The molecule has 2 heterocycles. The van der Waals surface area contributed by atoms with E-state index in [0.29, 0.717) is 0 Å². The highest BCUT2D eigenvalue weighted by molar-refractivity contribution is 5.89. The van der Waals surface area contributed by atoms with Crippen LogP contribution >= 0.6 is 0 Å². The second-order valence-electron chi connectivity index (χ2n) is 10.1. The number of benzene rings is 2. The van der Waals surface area contributed by atoms with Crippen molar-refractivity contribution in [3.8, 4) is 40.1 Å². The van der Waals surface area contributed by atoms with E-state index in [1.165, 1.54) is 6.07 Å². The molecule has 2 aromatic carbocycles. The molecule has 0 saturated carbocycles. The van der Waals surface area contributed by atoms with Gasteiger partial charge < -0.3 is 64.6 Å². The third-order valence-electron chi connectivity index (χ3n) is 6.58. The first kappa shape index (κ1) is 31.3. The van der Waals surface area contributed by atoms with Gasteiger partial charge in [-0.25, -0.2) is 0 Å². The average Bonchev–Trinajstić information content (AvgIpc) is 2.91. The van der Waals surface area contributed by atoms with Crippen molar-refractivity contribution >= 4 is 22.9 Å². The van der Waals surface area contributed by atoms with Gasteiger partial charge in [0.15, 0.2) is 34.5 Å². The van der Waals surface area contributed by atoms with E-state index in [1.807, 2.05) is 0 Å². The highest BCUT2D eigenvalue weighted by Crippen LogP contribution is 2.43. The Balaban J connectivity index is 1.59. The molecule has 0 radical (unpaired) electrons. The Bertz CT molecular complexity index is 1590. The van der Waals surface area contributed by atoms with E-state index in [2.05, 4.69) is 0 Å². The molecule has 0 bridgehead atoms. The predicted octanol–water partition coefficient (Wildman–Crippen LogP) is -0.372. The minimum Gasteiger partial charge on any atom is -0.504 e. The predicted molar refractivity (Wildman–Crippen MR) is 140 cm³/mol. The number of aliphatic hydroxyl groups is 4. The summed E-state index contributed by atoms with van der Waals surface area (Å²) in [5.74, 6) is -6.16. The van der Waals surface area contributed by atoms with Crippen LogP contribution in [-0.4, -0.2) is 101 Å². The standard InChI is InChI=1S/C27H28O16/c1-27(39,7-18(32)33)8-19(34)43-25-17(9-28)42-26(24(38)23(25)37)41-16-6-15-20(22(36)21(16)35)13(31)5-14(40-15)10-2-3-11(29)12(30)4-10/h2-6,17,23-26,28-30,35-39H,7-9H2,1H3,(H,32,33). The summed E-state index contributed by atoms with van der Waals surface area (Å²) >= 11 is 0. The van der Waals surface area contributed by atoms with Crippen molar-refractivity contribution in [1.29, 1.82) is 0 Å². The minimum absolute atomic E-state index is 0.111. The molecule has 4 rings (SSSR count). The number of aliphatic hydroxyl groups excluding tert-OH is 3. The minimum atomic E-state index is -2.00. The van der Waals surface area contributed by atoms with Gasteiger partial charge in [-0.05, 0) is 25.1 Å². The number of rotatable bonds is 9. The van der Waals surface area contributed by atoms with Crippen molar-refractivity contribution in [3.63, 3.8) is 0 Å².